The van der Waals surface area contributed by atoms with Crippen LogP contribution in [0.3, 0.4) is 0 Å². The molecule has 3 aromatic rings. The molecule has 1 aliphatic heterocycles. The van der Waals surface area contributed by atoms with Gasteiger partial charge in [-0.2, -0.15) is 0 Å². The van der Waals surface area contributed by atoms with Gasteiger partial charge in [-0.1, -0.05) is 23.7 Å². The van der Waals surface area contributed by atoms with Gasteiger partial charge in [0.1, 0.15) is 16.9 Å². The average molecular weight is 469 g/mol. The molecule has 0 radical (unpaired) electrons. The molecule has 1 N–H and O–H groups in total. The van der Waals surface area contributed by atoms with E-state index in [0.717, 1.165) is 11.3 Å². The quantitative estimate of drug-likeness (QED) is 0.519. The second-order valence-electron chi connectivity index (χ2n) is 7.04. The maximum atomic E-state index is 12.5. The topological polar surface area (TPSA) is 67.9 Å². The third-order valence-corrected chi connectivity index (χ3v) is 6.35. The molecule has 1 unspecified atom stereocenters. The summed E-state index contributed by atoms with van der Waals surface area (Å²) in [5.74, 6) is 1.45. The van der Waals surface area contributed by atoms with Crippen molar-refractivity contribution in [1.82, 2.24) is 0 Å². The molecule has 0 bridgehead atoms. The zero-order valence-electron chi connectivity index (χ0n) is 17.3. The Bertz CT molecular complexity index is 1090. The van der Waals surface area contributed by atoms with Crippen molar-refractivity contribution in [3.63, 3.8) is 0 Å². The molecule has 1 atom stereocenters. The third-order valence-electron chi connectivity index (χ3n) is 4.88. The lowest BCUT2D eigenvalue weighted by Crippen LogP contribution is -2.27. The highest BCUT2D eigenvalue weighted by Crippen LogP contribution is 2.42. The molecule has 2 amide bonds. The minimum Gasteiger partial charge on any atom is -0.497 e. The molecule has 4 rings (SSSR count). The van der Waals surface area contributed by atoms with Gasteiger partial charge in [-0.3, -0.25) is 14.5 Å². The Morgan fingerprint density at radius 1 is 1.03 bits per heavy atom. The summed E-state index contributed by atoms with van der Waals surface area (Å²) in [5, 5.41) is 3.32. The molecule has 0 saturated carbocycles. The number of anilines is 2. The van der Waals surface area contributed by atoms with Crippen LogP contribution in [0.4, 0.5) is 11.4 Å². The Hall–Kier alpha value is -3.16. The highest BCUT2D eigenvalue weighted by molar-refractivity contribution is 8.00. The van der Waals surface area contributed by atoms with Crippen molar-refractivity contribution in [2.75, 3.05) is 29.7 Å². The fourth-order valence-corrected chi connectivity index (χ4v) is 4.60. The van der Waals surface area contributed by atoms with E-state index in [1.54, 1.807) is 60.2 Å². The van der Waals surface area contributed by atoms with E-state index in [9.17, 15) is 9.59 Å². The van der Waals surface area contributed by atoms with Gasteiger partial charge in [0.25, 0.3) is 5.91 Å². The van der Waals surface area contributed by atoms with Crippen LogP contribution in [-0.2, 0) is 9.59 Å². The average Bonchev–Trinajstić information content (AvgIpc) is 3.20. The van der Waals surface area contributed by atoms with E-state index in [0.29, 0.717) is 28.0 Å². The zero-order chi connectivity index (χ0) is 22.5. The second kappa shape index (κ2) is 9.97. The van der Waals surface area contributed by atoms with Crippen molar-refractivity contribution in [1.29, 1.82) is 0 Å². The summed E-state index contributed by atoms with van der Waals surface area (Å²) in [6.07, 6.45) is 0. The summed E-state index contributed by atoms with van der Waals surface area (Å²) in [6.45, 7) is -0.128. The van der Waals surface area contributed by atoms with Crippen LogP contribution < -0.4 is 19.7 Å². The fourth-order valence-electron chi connectivity index (χ4n) is 3.30. The summed E-state index contributed by atoms with van der Waals surface area (Å²) in [5.41, 5.74) is 2.45. The molecular formula is C24H21ClN2O4S. The van der Waals surface area contributed by atoms with Crippen LogP contribution in [0.2, 0.25) is 5.02 Å². The number of methoxy groups -OCH3 is 1. The molecule has 1 fully saturated rings. The summed E-state index contributed by atoms with van der Waals surface area (Å²) in [4.78, 5) is 26.4. The smallest absolute Gasteiger partial charge is 0.262 e. The number of nitrogens with zero attached hydrogens (tertiary/aromatic N) is 1. The molecule has 8 heteroatoms. The normalized spacial score (nSPS) is 15.5. The molecule has 3 aromatic carbocycles. The summed E-state index contributed by atoms with van der Waals surface area (Å²) in [7, 11) is 1.59. The van der Waals surface area contributed by atoms with Crippen molar-refractivity contribution in [3.05, 3.63) is 83.4 Å². The molecule has 0 spiro atoms. The van der Waals surface area contributed by atoms with Crippen LogP contribution in [0.25, 0.3) is 0 Å². The highest BCUT2D eigenvalue weighted by Gasteiger charge is 2.33. The van der Waals surface area contributed by atoms with Crippen molar-refractivity contribution in [2.45, 2.75) is 5.37 Å². The number of hydrogen-bond donors (Lipinski definition) is 1. The van der Waals surface area contributed by atoms with Gasteiger partial charge >= 0.3 is 0 Å². The Morgan fingerprint density at radius 3 is 2.34 bits per heavy atom. The van der Waals surface area contributed by atoms with Crippen LogP contribution in [0.15, 0.2) is 72.8 Å². The van der Waals surface area contributed by atoms with Crippen molar-refractivity contribution in [3.8, 4) is 11.5 Å². The van der Waals surface area contributed by atoms with Gasteiger partial charge in [-0.25, -0.2) is 0 Å². The zero-order valence-corrected chi connectivity index (χ0v) is 18.9. The van der Waals surface area contributed by atoms with E-state index >= 15 is 0 Å². The molecular weight excluding hydrogens is 448 g/mol. The summed E-state index contributed by atoms with van der Waals surface area (Å²) in [6, 6.07) is 21.7. The number of thioether (sulfide) groups is 1. The molecule has 0 aliphatic carbocycles. The molecule has 164 valence electrons. The van der Waals surface area contributed by atoms with Crippen LogP contribution in [-0.4, -0.2) is 31.3 Å². The first kappa shape index (κ1) is 22.0. The van der Waals surface area contributed by atoms with Gasteiger partial charge in [0, 0.05) is 16.4 Å². The van der Waals surface area contributed by atoms with Gasteiger partial charge in [0.2, 0.25) is 5.91 Å². The molecule has 0 aromatic heterocycles. The number of carbonyl (C=O) groups excluding carboxylic acids is 2. The van der Waals surface area contributed by atoms with Gasteiger partial charge < -0.3 is 14.8 Å². The van der Waals surface area contributed by atoms with Crippen molar-refractivity contribution in [2.24, 2.45) is 0 Å². The fraction of sp³-hybridized carbons (Fsp3) is 0.167. The number of ether oxygens (including phenoxy) is 2. The van der Waals surface area contributed by atoms with E-state index in [4.69, 9.17) is 21.1 Å². The van der Waals surface area contributed by atoms with Crippen molar-refractivity contribution < 1.29 is 19.1 Å². The van der Waals surface area contributed by atoms with E-state index in [1.165, 1.54) is 0 Å². The molecule has 1 saturated heterocycles. The predicted molar refractivity (Wildman–Crippen MR) is 128 cm³/mol. The lowest BCUT2D eigenvalue weighted by Gasteiger charge is -2.24. The Labute approximate surface area is 195 Å². The number of hydrogen-bond acceptors (Lipinski definition) is 5. The molecule has 6 nitrogen and oxygen atoms in total. The predicted octanol–water partition coefficient (Wildman–Crippen LogP) is 5.14. The maximum Gasteiger partial charge on any atom is 0.262 e. The van der Waals surface area contributed by atoms with E-state index < -0.39 is 0 Å². The first-order valence-electron chi connectivity index (χ1n) is 9.89. The maximum absolute atomic E-state index is 12.5. The molecule has 1 aliphatic rings. The van der Waals surface area contributed by atoms with Gasteiger partial charge in [-0.15, -0.1) is 11.8 Å². The molecule has 32 heavy (non-hydrogen) atoms. The highest BCUT2D eigenvalue weighted by atomic mass is 35.5. The van der Waals surface area contributed by atoms with Crippen LogP contribution in [0.5, 0.6) is 11.5 Å². The SMILES string of the molecule is COc1ccc(NC(=O)COc2ccc(N3C(=O)CSC3c3ccc(Cl)cc3)cc2)cc1. The largest absolute Gasteiger partial charge is 0.497 e. The lowest BCUT2D eigenvalue weighted by atomic mass is 10.2. The number of nitrogens with one attached hydrogen (secondary N) is 1. The second-order valence-corrected chi connectivity index (χ2v) is 8.54. The van der Waals surface area contributed by atoms with Crippen LogP contribution in [0, 0.1) is 0 Å². The van der Waals surface area contributed by atoms with Crippen LogP contribution in [0.1, 0.15) is 10.9 Å². The number of benzene rings is 3. The third kappa shape index (κ3) is 5.18. The van der Waals surface area contributed by atoms with E-state index in [-0.39, 0.29) is 23.8 Å². The summed E-state index contributed by atoms with van der Waals surface area (Å²) >= 11 is 7.57. The van der Waals surface area contributed by atoms with Crippen molar-refractivity contribution >= 4 is 46.6 Å². The monoisotopic (exact) mass is 468 g/mol. The number of carbonyl (C=O) groups is 2. The molecule has 1 heterocycles. The van der Waals surface area contributed by atoms with Gasteiger partial charge in [-0.05, 0) is 66.2 Å². The van der Waals surface area contributed by atoms with Gasteiger partial charge in [0.15, 0.2) is 6.61 Å². The first-order valence-corrected chi connectivity index (χ1v) is 11.3. The van der Waals surface area contributed by atoms with Crippen LogP contribution >= 0.6 is 23.4 Å². The first-order chi connectivity index (χ1) is 15.5. The number of halogens is 1. The lowest BCUT2D eigenvalue weighted by molar-refractivity contribution is -0.118. The van der Waals surface area contributed by atoms with E-state index in [1.807, 2.05) is 36.4 Å². The number of rotatable bonds is 7. The Kier molecular flexibility index (Phi) is 6.87. The summed E-state index contributed by atoms with van der Waals surface area (Å²) < 4.78 is 10.7. The Balaban J connectivity index is 1.37. The Morgan fingerprint density at radius 2 is 1.69 bits per heavy atom. The standard InChI is InChI=1S/C24H21ClN2O4S/c1-30-20-10-6-18(7-11-20)26-22(28)14-31-21-12-8-19(9-13-21)27-23(29)15-32-24(27)16-2-4-17(25)5-3-16/h2-13,24H,14-15H2,1H3,(H,26,28). The van der Waals surface area contributed by atoms with E-state index in [2.05, 4.69) is 5.32 Å². The minimum absolute atomic E-state index is 0.0440. The minimum atomic E-state index is -0.270. The number of amides is 2. The van der Waals surface area contributed by atoms with Gasteiger partial charge in [0.05, 0.1) is 12.9 Å².